The standard InChI is InChI=1S/C12H17ClN2O/c1-16-12(6-3-2-4-7-12)11-14-8-5-10(9-13)15-11/h5,8H,2-4,6-7,9H2,1H3. The molecule has 1 heterocycles. The summed E-state index contributed by atoms with van der Waals surface area (Å²) in [7, 11) is 1.75. The third-order valence-corrected chi connectivity index (χ3v) is 3.58. The Morgan fingerprint density at radius 3 is 2.75 bits per heavy atom. The van der Waals surface area contributed by atoms with Crippen molar-refractivity contribution in [1.29, 1.82) is 0 Å². The molecule has 1 aromatic rings. The van der Waals surface area contributed by atoms with Gasteiger partial charge in [0, 0.05) is 13.3 Å². The topological polar surface area (TPSA) is 35.0 Å². The Kier molecular flexibility index (Phi) is 3.77. The number of nitrogens with zero attached hydrogens (tertiary/aromatic N) is 2. The van der Waals surface area contributed by atoms with Crippen molar-refractivity contribution < 1.29 is 4.74 Å². The Bertz CT molecular complexity index is 351. The minimum absolute atomic E-state index is 0.277. The molecule has 1 aromatic heterocycles. The van der Waals surface area contributed by atoms with Gasteiger partial charge in [-0.05, 0) is 18.9 Å². The fourth-order valence-electron chi connectivity index (χ4n) is 2.33. The molecule has 0 unspecified atom stereocenters. The van der Waals surface area contributed by atoms with Gasteiger partial charge in [0.25, 0.3) is 0 Å². The summed E-state index contributed by atoms with van der Waals surface area (Å²) in [6.07, 6.45) is 7.44. The lowest BCUT2D eigenvalue weighted by Gasteiger charge is -2.34. The van der Waals surface area contributed by atoms with E-state index in [0.717, 1.165) is 24.4 Å². The molecule has 0 N–H and O–H groups in total. The number of rotatable bonds is 3. The second kappa shape index (κ2) is 5.11. The van der Waals surface area contributed by atoms with Gasteiger partial charge in [-0.2, -0.15) is 0 Å². The molecule has 1 fully saturated rings. The van der Waals surface area contributed by atoms with E-state index in [2.05, 4.69) is 9.97 Å². The molecular formula is C12H17ClN2O. The van der Waals surface area contributed by atoms with Gasteiger partial charge in [0.1, 0.15) is 5.60 Å². The molecule has 1 saturated carbocycles. The van der Waals surface area contributed by atoms with E-state index in [-0.39, 0.29) is 5.60 Å². The minimum Gasteiger partial charge on any atom is -0.370 e. The van der Waals surface area contributed by atoms with Crippen LogP contribution in [0.1, 0.15) is 43.6 Å². The van der Waals surface area contributed by atoms with E-state index in [9.17, 15) is 0 Å². The van der Waals surface area contributed by atoms with Crippen molar-refractivity contribution in [2.24, 2.45) is 0 Å². The SMILES string of the molecule is COC1(c2nccc(CCl)n2)CCCCC1. The Labute approximate surface area is 101 Å². The summed E-state index contributed by atoms with van der Waals surface area (Å²) >= 11 is 5.80. The molecule has 16 heavy (non-hydrogen) atoms. The Morgan fingerprint density at radius 2 is 2.12 bits per heavy atom. The third kappa shape index (κ3) is 2.20. The van der Waals surface area contributed by atoms with E-state index in [1.807, 2.05) is 6.07 Å². The average Bonchev–Trinajstić information content (AvgIpc) is 2.39. The van der Waals surface area contributed by atoms with Gasteiger partial charge in [-0.3, -0.25) is 0 Å². The molecule has 0 aliphatic heterocycles. The second-order valence-corrected chi connectivity index (χ2v) is 4.53. The lowest BCUT2D eigenvalue weighted by molar-refractivity contribution is -0.0516. The first kappa shape index (κ1) is 11.8. The maximum absolute atomic E-state index is 5.80. The van der Waals surface area contributed by atoms with Crippen LogP contribution in [0.25, 0.3) is 0 Å². The summed E-state index contributed by atoms with van der Waals surface area (Å²) in [6, 6.07) is 1.85. The summed E-state index contributed by atoms with van der Waals surface area (Å²) in [5, 5.41) is 0. The normalized spacial score (nSPS) is 19.6. The first-order valence-electron chi connectivity index (χ1n) is 5.74. The van der Waals surface area contributed by atoms with Crippen LogP contribution in [0.3, 0.4) is 0 Å². The Hall–Kier alpha value is -0.670. The van der Waals surface area contributed by atoms with Crippen LogP contribution < -0.4 is 0 Å². The Balaban J connectivity index is 2.31. The number of ether oxygens (including phenoxy) is 1. The van der Waals surface area contributed by atoms with Crippen molar-refractivity contribution in [3.8, 4) is 0 Å². The van der Waals surface area contributed by atoms with Gasteiger partial charge in [-0.1, -0.05) is 19.3 Å². The highest BCUT2D eigenvalue weighted by Crippen LogP contribution is 2.38. The highest BCUT2D eigenvalue weighted by atomic mass is 35.5. The Morgan fingerprint density at radius 1 is 1.38 bits per heavy atom. The van der Waals surface area contributed by atoms with Crippen LogP contribution in [0.2, 0.25) is 0 Å². The van der Waals surface area contributed by atoms with E-state index in [1.54, 1.807) is 13.3 Å². The van der Waals surface area contributed by atoms with Crippen LogP contribution in [0.4, 0.5) is 0 Å². The zero-order chi connectivity index (χ0) is 11.4. The van der Waals surface area contributed by atoms with E-state index in [0.29, 0.717) is 5.88 Å². The van der Waals surface area contributed by atoms with Gasteiger partial charge < -0.3 is 4.74 Å². The van der Waals surface area contributed by atoms with E-state index in [1.165, 1.54) is 19.3 Å². The van der Waals surface area contributed by atoms with Crippen molar-refractivity contribution >= 4 is 11.6 Å². The molecule has 0 spiro atoms. The zero-order valence-electron chi connectivity index (χ0n) is 9.58. The van der Waals surface area contributed by atoms with Gasteiger partial charge >= 0.3 is 0 Å². The van der Waals surface area contributed by atoms with Crippen LogP contribution in [0, 0.1) is 0 Å². The van der Waals surface area contributed by atoms with Gasteiger partial charge in [0.05, 0.1) is 11.6 Å². The molecule has 0 atom stereocenters. The maximum Gasteiger partial charge on any atom is 0.160 e. The van der Waals surface area contributed by atoms with Gasteiger partial charge in [-0.15, -0.1) is 11.6 Å². The summed E-state index contributed by atoms with van der Waals surface area (Å²) in [6.45, 7) is 0. The van der Waals surface area contributed by atoms with Crippen LogP contribution in [-0.4, -0.2) is 17.1 Å². The van der Waals surface area contributed by atoms with E-state index in [4.69, 9.17) is 16.3 Å². The molecule has 0 radical (unpaired) electrons. The van der Waals surface area contributed by atoms with E-state index < -0.39 is 0 Å². The number of alkyl halides is 1. The number of hydrogen-bond acceptors (Lipinski definition) is 3. The quantitative estimate of drug-likeness (QED) is 0.762. The van der Waals surface area contributed by atoms with E-state index >= 15 is 0 Å². The first-order valence-corrected chi connectivity index (χ1v) is 6.28. The van der Waals surface area contributed by atoms with Crippen molar-refractivity contribution in [3.63, 3.8) is 0 Å². The van der Waals surface area contributed by atoms with Gasteiger partial charge in [0.2, 0.25) is 0 Å². The molecule has 1 aliphatic rings. The van der Waals surface area contributed by atoms with Crippen LogP contribution >= 0.6 is 11.6 Å². The number of methoxy groups -OCH3 is 1. The average molecular weight is 241 g/mol. The largest absolute Gasteiger partial charge is 0.370 e. The van der Waals surface area contributed by atoms with Crippen LogP contribution in [0.5, 0.6) is 0 Å². The molecule has 1 aliphatic carbocycles. The highest BCUT2D eigenvalue weighted by Gasteiger charge is 2.36. The summed E-state index contributed by atoms with van der Waals surface area (Å²) in [4.78, 5) is 8.85. The number of hydrogen-bond donors (Lipinski definition) is 0. The summed E-state index contributed by atoms with van der Waals surface area (Å²) < 4.78 is 5.70. The molecule has 2 rings (SSSR count). The smallest absolute Gasteiger partial charge is 0.160 e. The lowest BCUT2D eigenvalue weighted by Crippen LogP contribution is -2.33. The van der Waals surface area contributed by atoms with Crippen molar-refractivity contribution in [1.82, 2.24) is 9.97 Å². The molecule has 0 aromatic carbocycles. The second-order valence-electron chi connectivity index (χ2n) is 4.26. The zero-order valence-corrected chi connectivity index (χ0v) is 10.3. The predicted molar refractivity (Wildman–Crippen MR) is 63.4 cm³/mol. The lowest BCUT2D eigenvalue weighted by atomic mass is 9.84. The molecule has 0 bridgehead atoms. The predicted octanol–water partition coefficient (Wildman–Crippen LogP) is 3.02. The molecule has 3 nitrogen and oxygen atoms in total. The molecule has 88 valence electrons. The van der Waals surface area contributed by atoms with Crippen molar-refractivity contribution in [2.75, 3.05) is 7.11 Å². The highest BCUT2D eigenvalue weighted by molar-refractivity contribution is 6.16. The fourth-order valence-corrected chi connectivity index (χ4v) is 2.48. The minimum atomic E-state index is -0.277. The first-order chi connectivity index (χ1) is 7.80. The molecule has 0 saturated heterocycles. The monoisotopic (exact) mass is 240 g/mol. The number of halogens is 1. The summed E-state index contributed by atoms with van der Waals surface area (Å²) in [5.74, 6) is 1.22. The van der Waals surface area contributed by atoms with Gasteiger partial charge in [0.15, 0.2) is 5.82 Å². The summed E-state index contributed by atoms with van der Waals surface area (Å²) in [5.41, 5.74) is 0.592. The van der Waals surface area contributed by atoms with Crippen molar-refractivity contribution in [3.05, 3.63) is 23.8 Å². The number of aromatic nitrogens is 2. The maximum atomic E-state index is 5.80. The third-order valence-electron chi connectivity index (χ3n) is 3.31. The fraction of sp³-hybridized carbons (Fsp3) is 0.667. The van der Waals surface area contributed by atoms with Crippen LogP contribution in [-0.2, 0) is 16.2 Å². The van der Waals surface area contributed by atoms with Gasteiger partial charge in [-0.25, -0.2) is 9.97 Å². The molecular weight excluding hydrogens is 224 g/mol. The molecule has 4 heteroatoms. The van der Waals surface area contributed by atoms with Crippen molar-refractivity contribution in [2.45, 2.75) is 43.6 Å². The van der Waals surface area contributed by atoms with Crippen LogP contribution in [0.15, 0.2) is 12.3 Å². The molecule has 0 amide bonds.